The summed E-state index contributed by atoms with van der Waals surface area (Å²) in [6.07, 6.45) is -22.8. The first-order valence-corrected chi connectivity index (χ1v) is 6.50. The molecule has 0 saturated heterocycles. The van der Waals surface area contributed by atoms with Crippen molar-refractivity contribution in [3.63, 3.8) is 0 Å². The lowest BCUT2D eigenvalue weighted by Gasteiger charge is -2.39. The summed E-state index contributed by atoms with van der Waals surface area (Å²) in [6, 6.07) is 0. The maximum Gasteiger partial charge on any atom is 0.525 e. The van der Waals surface area contributed by atoms with Gasteiger partial charge in [0.15, 0.2) is 0 Å². The Morgan fingerprint density at radius 3 is 1.72 bits per heavy atom. The molecule has 0 radical (unpaired) electrons. The fourth-order valence-electron chi connectivity index (χ4n) is 2.37. The van der Waals surface area contributed by atoms with Crippen molar-refractivity contribution in [1.29, 1.82) is 0 Å². The summed E-state index contributed by atoms with van der Waals surface area (Å²) in [4.78, 5) is 0. The molecule has 14 heteroatoms. The highest BCUT2D eigenvalue weighted by Gasteiger charge is 2.79. The van der Waals surface area contributed by atoms with Crippen LogP contribution in [0.25, 0.3) is 0 Å². The summed E-state index contributed by atoms with van der Waals surface area (Å²) in [6.45, 7) is 0.993. The van der Waals surface area contributed by atoms with Crippen molar-refractivity contribution in [2.24, 2.45) is 5.92 Å². The first-order chi connectivity index (χ1) is 10.8. The van der Waals surface area contributed by atoms with Crippen LogP contribution in [0.5, 0.6) is 0 Å². The molecule has 0 aromatic heterocycles. The van der Waals surface area contributed by atoms with Crippen LogP contribution < -0.4 is 0 Å². The van der Waals surface area contributed by atoms with Gasteiger partial charge in [-0.3, -0.25) is 4.74 Å². The zero-order chi connectivity index (χ0) is 20.1. The summed E-state index contributed by atoms with van der Waals surface area (Å²) in [5, 5.41) is 0. The van der Waals surface area contributed by atoms with Crippen LogP contribution in [0.15, 0.2) is 0 Å². The fraction of sp³-hybridized carbons (Fsp3) is 1.00. The minimum absolute atomic E-state index is 0.636. The lowest BCUT2D eigenvalue weighted by molar-refractivity contribution is -0.501. The van der Waals surface area contributed by atoms with Gasteiger partial charge in [0.2, 0.25) is 0 Å². The Morgan fingerprint density at radius 1 is 0.880 bits per heavy atom. The molecule has 3 unspecified atom stereocenters. The summed E-state index contributed by atoms with van der Waals surface area (Å²) in [5.74, 6) is -18.7. The summed E-state index contributed by atoms with van der Waals surface area (Å²) < 4.78 is 159. The Morgan fingerprint density at radius 2 is 1.36 bits per heavy atom. The third kappa shape index (κ3) is 3.78. The summed E-state index contributed by atoms with van der Waals surface area (Å²) >= 11 is 0. The van der Waals surface area contributed by atoms with Gasteiger partial charge in [-0.05, 0) is 12.8 Å². The molecule has 0 amide bonds. The molecule has 1 rings (SSSR count). The van der Waals surface area contributed by atoms with Crippen molar-refractivity contribution in [2.75, 3.05) is 0 Å². The van der Waals surface area contributed by atoms with Crippen molar-refractivity contribution < 1.29 is 62.2 Å². The molecule has 1 fully saturated rings. The standard InChI is InChI=1S/C11H10F12O2/c1-2-5-3-4-6(12,7(5,13)25-11(21,22)23)24-10(19,20)8(14,15)9(16,17)18/h5H,2-4H2,1H3. The number of halogens is 12. The minimum atomic E-state index is -7.00. The first kappa shape index (κ1) is 22.1. The second-order valence-electron chi connectivity index (χ2n) is 5.26. The van der Waals surface area contributed by atoms with Crippen LogP contribution in [0.2, 0.25) is 0 Å². The zero-order valence-corrected chi connectivity index (χ0v) is 12.1. The van der Waals surface area contributed by atoms with Crippen LogP contribution in [-0.4, -0.2) is 36.3 Å². The molecular formula is C11H10F12O2. The van der Waals surface area contributed by atoms with Crippen molar-refractivity contribution in [2.45, 2.75) is 62.5 Å². The predicted octanol–water partition coefficient (Wildman–Crippen LogP) is 5.48. The smallest absolute Gasteiger partial charge is 0.272 e. The van der Waals surface area contributed by atoms with E-state index in [2.05, 4.69) is 9.47 Å². The number of hydrogen-bond donors (Lipinski definition) is 0. The normalized spacial score (nSPS) is 32.3. The topological polar surface area (TPSA) is 18.5 Å². The Bertz CT molecular complexity index is 486. The van der Waals surface area contributed by atoms with Gasteiger partial charge in [0.25, 0.3) is 11.7 Å². The molecule has 0 aliphatic heterocycles. The van der Waals surface area contributed by atoms with Crippen LogP contribution >= 0.6 is 0 Å². The maximum atomic E-state index is 14.4. The monoisotopic (exact) mass is 402 g/mol. The van der Waals surface area contributed by atoms with Gasteiger partial charge >= 0.3 is 24.6 Å². The Hall–Kier alpha value is -0.920. The van der Waals surface area contributed by atoms with Gasteiger partial charge < -0.3 is 0 Å². The molecule has 2 nitrogen and oxygen atoms in total. The molecule has 1 saturated carbocycles. The van der Waals surface area contributed by atoms with E-state index in [1.54, 1.807) is 0 Å². The molecule has 0 N–H and O–H groups in total. The van der Waals surface area contributed by atoms with E-state index < -0.39 is 61.5 Å². The van der Waals surface area contributed by atoms with Gasteiger partial charge in [0.05, 0.1) is 0 Å². The van der Waals surface area contributed by atoms with Gasteiger partial charge in [0.1, 0.15) is 0 Å². The van der Waals surface area contributed by atoms with E-state index in [0.29, 0.717) is 0 Å². The van der Waals surface area contributed by atoms with Crippen LogP contribution in [0, 0.1) is 5.92 Å². The molecule has 0 spiro atoms. The molecule has 0 heterocycles. The SMILES string of the molecule is CCC1CCC(F)(OC(F)(F)C(F)(F)C(F)(F)F)C1(F)OC(F)(F)F. The van der Waals surface area contributed by atoms with Gasteiger partial charge in [-0.25, -0.2) is 13.5 Å². The summed E-state index contributed by atoms with van der Waals surface area (Å²) in [7, 11) is 0. The molecule has 3 atom stereocenters. The van der Waals surface area contributed by atoms with E-state index in [1.807, 2.05) is 0 Å². The number of rotatable bonds is 5. The highest BCUT2D eigenvalue weighted by atomic mass is 19.4. The van der Waals surface area contributed by atoms with Gasteiger partial charge in [-0.1, -0.05) is 6.92 Å². The predicted molar refractivity (Wildman–Crippen MR) is 54.9 cm³/mol. The quantitative estimate of drug-likeness (QED) is 0.567. The first-order valence-electron chi connectivity index (χ1n) is 6.50. The number of alkyl halides is 12. The minimum Gasteiger partial charge on any atom is -0.272 e. The fourth-order valence-corrected chi connectivity index (χ4v) is 2.37. The molecule has 25 heavy (non-hydrogen) atoms. The van der Waals surface area contributed by atoms with E-state index in [9.17, 15) is 52.7 Å². The van der Waals surface area contributed by atoms with Crippen LogP contribution in [0.4, 0.5) is 52.7 Å². The second kappa shape index (κ2) is 6.06. The zero-order valence-electron chi connectivity index (χ0n) is 12.1. The van der Waals surface area contributed by atoms with Crippen LogP contribution in [-0.2, 0) is 9.47 Å². The Kier molecular flexibility index (Phi) is 5.36. The van der Waals surface area contributed by atoms with Gasteiger partial charge in [-0.2, -0.15) is 30.7 Å². The Labute approximate surface area is 132 Å². The van der Waals surface area contributed by atoms with Crippen LogP contribution in [0.3, 0.4) is 0 Å². The molecule has 0 bridgehead atoms. The maximum absolute atomic E-state index is 14.4. The lowest BCUT2D eigenvalue weighted by atomic mass is 9.99. The molecule has 150 valence electrons. The Balaban J connectivity index is 3.29. The second-order valence-corrected chi connectivity index (χ2v) is 5.26. The van der Waals surface area contributed by atoms with E-state index in [1.165, 1.54) is 0 Å². The molecule has 1 aliphatic carbocycles. The van der Waals surface area contributed by atoms with Gasteiger partial charge in [0, 0.05) is 12.3 Å². The molecule has 1 aliphatic rings. The van der Waals surface area contributed by atoms with Crippen LogP contribution in [0.1, 0.15) is 26.2 Å². The number of hydrogen-bond acceptors (Lipinski definition) is 2. The average molecular weight is 402 g/mol. The van der Waals surface area contributed by atoms with Crippen molar-refractivity contribution in [3.8, 4) is 0 Å². The third-order valence-corrected chi connectivity index (χ3v) is 3.62. The highest BCUT2D eigenvalue weighted by Crippen LogP contribution is 2.58. The van der Waals surface area contributed by atoms with Crippen molar-refractivity contribution in [3.05, 3.63) is 0 Å². The van der Waals surface area contributed by atoms with Crippen molar-refractivity contribution in [1.82, 2.24) is 0 Å². The third-order valence-electron chi connectivity index (χ3n) is 3.62. The van der Waals surface area contributed by atoms with Gasteiger partial charge in [-0.15, -0.1) is 13.2 Å². The van der Waals surface area contributed by atoms with E-state index in [-0.39, 0.29) is 0 Å². The summed E-state index contributed by atoms with van der Waals surface area (Å²) in [5.41, 5.74) is 0. The lowest BCUT2D eigenvalue weighted by Crippen LogP contribution is -2.61. The average Bonchev–Trinajstić information content (AvgIpc) is 2.56. The van der Waals surface area contributed by atoms with E-state index in [4.69, 9.17) is 0 Å². The largest absolute Gasteiger partial charge is 0.525 e. The molecule has 0 aromatic carbocycles. The molecule has 0 aromatic rings. The van der Waals surface area contributed by atoms with Crippen molar-refractivity contribution >= 4 is 0 Å². The number of ether oxygens (including phenoxy) is 2. The highest BCUT2D eigenvalue weighted by molar-refractivity contribution is 5.01. The van der Waals surface area contributed by atoms with E-state index >= 15 is 0 Å². The molecular weight excluding hydrogens is 392 g/mol. The van der Waals surface area contributed by atoms with E-state index in [0.717, 1.165) is 6.92 Å².